The third kappa shape index (κ3) is 6.91. The Morgan fingerprint density at radius 2 is 1.65 bits per heavy atom. The molecule has 1 aliphatic rings. The van der Waals surface area contributed by atoms with Crippen molar-refractivity contribution in [2.45, 2.75) is 32.1 Å². The smallest absolute Gasteiger partial charge is 0.251 e. The van der Waals surface area contributed by atoms with Gasteiger partial charge in [0.1, 0.15) is 0 Å². The van der Waals surface area contributed by atoms with Crippen LogP contribution in [0.15, 0.2) is 0 Å². The predicted molar refractivity (Wildman–Crippen MR) is 66.4 cm³/mol. The van der Waals surface area contributed by atoms with E-state index in [2.05, 4.69) is 4.90 Å². The summed E-state index contributed by atoms with van der Waals surface area (Å²) < 4.78 is 24.5. The van der Waals surface area contributed by atoms with Gasteiger partial charge in [-0.15, -0.1) is 0 Å². The van der Waals surface area contributed by atoms with Gasteiger partial charge in [0, 0.05) is 13.1 Å². The van der Waals surface area contributed by atoms with Crippen LogP contribution in [0, 0.1) is 0 Å². The molecule has 1 saturated heterocycles. The minimum Gasteiger partial charge on any atom is -0.330 e. The first kappa shape index (κ1) is 14.8. The Labute approximate surface area is 103 Å². The lowest BCUT2D eigenvalue weighted by atomic mass is 10.2. The summed E-state index contributed by atoms with van der Waals surface area (Å²) >= 11 is 0. The molecule has 3 nitrogen and oxygen atoms in total. The van der Waals surface area contributed by atoms with Crippen LogP contribution in [0.1, 0.15) is 25.7 Å². The molecule has 0 aromatic heterocycles. The van der Waals surface area contributed by atoms with Crippen LogP contribution in [0.2, 0.25) is 0 Å². The van der Waals surface area contributed by atoms with Gasteiger partial charge in [-0.1, -0.05) is 6.42 Å². The van der Waals surface area contributed by atoms with Crippen LogP contribution < -0.4 is 5.73 Å². The molecule has 17 heavy (non-hydrogen) atoms. The summed E-state index contributed by atoms with van der Waals surface area (Å²) in [7, 11) is 0. The number of hydrogen-bond acceptors (Lipinski definition) is 3. The van der Waals surface area contributed by atoms with Crippen molar-refractivity contribution in [3.63, 3.8) is 0 Å². The summed E-state index contributed by atoms with van der Waals surface area (Å²) in [5.41, 5.74) is 5.45. The zero-order valence-corrected chi connectivity index (χ0v) is 10.6. The largest absolute Gasteiger partial charge is 0.330 e. The first-order chi connectivity index (χ1) is 8.22. The van der Waals surface area contributed by atoms with Gasteiger partial charge in [-0.25, -0.2) is 8.78 Å². The van der Waals surface area contributed by atoms with Crippen molar-refractivity contribution in [2.75, 3.05) is 45.8 Å². The Morgan fingerprint density at radius 3 is 2.35 bits per heavy atom. The molecule has 0 aromatic carbocycles. The Kier molecular flexibility index (Phi) is 7.64. The number of rotatable bonds is 7. The minimum atomic E-state index is -2.20. The first-order valence-electron chi connectivity index (χ1n) is 6.65. The van der Waals surface area contributed by atoms with Crippen molar-refractivity contribution in [3.8, 4) is 0 Å². The van der Waals surface area contributed by atoms with Gasteiger partial charge in [-0.3, -0.25) is 4.90 Å². The maximum absolute atomic E-state index is 12.3. The number of nitrogens with two attached hydrogens (primary N) is 1. The molecule has 0 spiro atoms. The van der Waals surface area contributed by atoms with Crippen LogP contribution in [-0.2, 0) is 0 Å². The molecular formula is C12H25F2N3. The van der Waals surface area contributed by atoms with Crippen LogP contribution in [0.3, 0.4) is 0 Å². The van der Waals surface area contributed by atoms with E-state index in [1.165, 1.54) is 12.8 Å². The summed E-state index contributed by atoms with van der Waals surface area (Å²) in [6, 6.07) is 0. The SMILES string of the molecule is NCCCCCN1CCCN(CC(F)F)CC1. The Morgan fingerprint density at radius 1 is 0.941 bits per heavy atom. The first-order valence-corrected chi connectivity index (χ1v) is 6.65. The van der Waals surface area contributed by atoms with E-state index in [9.17, 15) is 8.78 Å². The number of halogens is 2. The molecule has 0 atom stereocenters. The Balaban J connectivity index is 2.14. The van der Waals surface area contributed by atoms with Crippen molar-refractivity contribution in [1.82, 2.24) is 9.80 Å². The third-order valence-corrected chi connectivity index (χ3v) is 3.26. The fourth-order valence-electron chi connectivity index (χ4n) is 2.28. The zero-order valence-electron chi connectivity index (χ0n) is 10.6. The predicted octanol–water partition coefficient (Wildman–Crippen LogP) is 1.39. The number of alkyl halides is 2. The molecule has 2 N–H and O–H groups in total. The van der Waals surface area contributed by atoms with Gasteiger partial charge in [0.25, 0.3) is 6.43 Å². The molecular weight excluding hydrogens is 224 g/mol. The second-order valence-corrected chi connectivity index (χ2v) is 4.74. The van der Waals surface area contributed by atoms with Crippen molar-refractivity contribution in [2.24, 2.45) is 5.73 Å². The van der Waals surface area contributed by atoms with Gasteiger partial charge in [0.05, 0.1) is 6.54 Å². The molecule has 0 amide bonds. The second-order valence-electron chi connectivity index (χ2n) is 4.74. The molecule has 1 heterocycles. The fourth-order valence-corrected chi connectivity index (χ4v) is 2.28. The summed E-state index contributed by atoms with van der Waals surface area (Å²) in [5.74, 6) is 0. The van der Waals surface area contributed by atoms with E-state index in [1.54, 1.807) is 0 Å². The summed E-state index contributed by atoms with van der Waals surface area (Å²) in [6.45, 7) is 5.34. The van der Waals surface area contributed by atoms with Crippen molar-refractivity contribution >= 4 is 0 Å². The van der Waals surface area contributed by atoms with E-state index in [0.29, 0.717) is 0 Å². The highest BCUT2D eigenvalue weighted by Crippen LogP contribution is 2.07. The van der Waals surface area contributed by atoms with Gasteiger partial charge in [-0.2, -0.15) is 0 Å². The number of unbranched alkanes of at least 4 members (excludes halogenated alkanes) is 2. The highest BCUT2D eigenvalue weighted by atomic mass is 19.3. The van der Waals surface area contributed by atoms with E-state index >= 15 is 0 Å². The summed E-state index contributed by atoms with van der Waals surface area (Å²) in [4.78, 5) is 4.27. The van der Waals surface area contributed by atoms with Gasteiger partial charge in [-0.05, 0) is 45.4 Å². The standard InChI is InChI=1S/C12H25F2N3/c13-12(14)11-17-8-4-7-16(9-10-17)6-3-1-2-5-15/h12H,1-11,15H2. The van der Waals surface area contributed by atoms with Gasteiger partial charge in [0.2, 0.25) is 0 Å². The third-order valence-electron chi connectivity index (χ3n) is 3.26. The van der Waals surface area contributed by atoms with Crippen molar-refractivity contribution < 1.29 is 8.78 Å². The van der Waals surface area contributed by atoms with E-state index < -0.39 is 6.43 Å². The van der Waals surface area contributed by atoms with Gasteiger partial charge >= 0.3 is 0 Å². The molecule has 102 valence electrons. The lowest BCUT2D eigenvalue weighted by molar-refractivity contribution is 0.0898. The molecule has 1 rings (SSSR count). The van der Waals surface area contributed by atoms with E-state index in [1.807, 2.05) is 4.90 Å². The van der Waals surface area contributed by atoms with Crippen molar-refractivity contribution in [1.29, 1.82) is 0 Å². The van der Waals surface area contributed by atoms with Gasteiger partial charge < -0.3 is 10.6 Å². The Hall–Kier alpha value is -0.260. The lowest BCUT2D eigenvalue weighted by Crippen LogP contribution is -2.34. The molecule has 0 radical (unpaired) electrons. The van der Waals surface area contributed by atoms with Crippen LogP contribution in [-0.4, -0.2) is 62.0 Å². The van der Waals surface area contributed by atoms with Gasteiger partial charge in [0.15, 0.2) is 0 Å². The molecule has 0 aromatic rings. The van der Waals surface area contributed by atoms with E-state index in [-0.39, 0.29) is 6.54 Å². The number of nitrogens with zero attached hydrogens (tertiary/aromatic N) is 2. The normalized spacial score (nSPS) is 19.8. The molecule has 0 saturated carbocycles. The van der Waals surface area contributed by atoms with Crippen LogP contribution in [0.5, 0.6) is 0 Å². The molecule has 1 aliphatic heterocycles. The maximum Gasteiger partial charge on any atom is 0.251 e. The molecule has 1 fully saturated rings. The van der Waals surface area contributed by atoms with Crippen molar-refractivity contribution in [3.05, 3.63) is 0 Å². The Bertz CT molecular complexity index is 191. The second kappa shape index (κ2) is 8.78. The average molecular weight is 249 g/mol. The lowest BCUT2D eigenvalue weighted by Gasteiger charge is -2.21. The highest BCUT2D eigenvalue weighted by Gasteiger charge is 2.17. The minimum absolute atomic E-state index is 0.0684. The molecule has 0 bridgehead atoms. The van der Waals surface area contributed by atoms with E-state index in [0.717, 1.165) is 52.1 Å². The quantitative estimate of drug-likeness (QED) is 0.692. The average Bonchev–Trinajstić information content (AvgIpc) is 2.50. The molecule has 5 heteroatoms. The maximum atomic E-state index is 12.3. The van der Waals surface area contributed by atoms with Crippen LogP contribution >= 0.6 is 0 Å². The zero-order chi connectivity index (χ0) is 12.5. The van der Waals surface area contributed by atoms with Crippen LogP contribution in [0.25, 0.3) is 0 Å². The number of hydrogen-bond donors (Lipinski definition) is 1. The summed E-state index contributed by atoms with van der Waals surface area (Å²) in [6.07, 6.45) is 2.24. The fraction of sp³-hybridized carbons (Fsp3) is 1.00. The molecule has 0 unspecified atom stereocenters. The topological polar surface area (TPSA) is 32.5 Å². The monoisotopic (exact) mass is 249 g/mol. The molecule has 0 aliphatic carbocycles. The highest BCUT2D eigenvalue weighted by molar-refractivity contribution is 4.70. The van der Waals surface area contributed by atoms with E-state index in [4.69, 9.17) is 5.73 Å². The van der Waals surface area contributed by atoms with Crippen LogP contribution in [0.4, 0.5) is 8.78 Å². The summed E-state index contributed by atoms with van der Waals surface area (Å²) in [5, 5.41) is 0.